The second-order valence-corrected chi connectivity index (χ2v) is 6.83. The molecular formula is C18H26N2O. The minimum atomic E-state index is -0.228. The molecule has 21 heavy (non-hydrogen) atoms. The predicted octanol–water partition coefficient (Wildman–Crippen LogP) is 3.73. The fourth-order valence-electron chi connectivity index (χ4n) is 3.92. The van der Waals surface area contributed by atoms with Crippen LogP contribution in [0.1, 0.15) is 56.6 Å². The smallest absolute Gasteiger partial charge is 0.315 e. The van der Waals surface area contributed by atoms with Crippen molar-refractivity contribution in [1.82, 2.24) is 10.6 Å². The van der Waals surface area contributed by atoms with E-state index in [2.05, 4.69) is 41.8 Å². The average molecular weight is 286 g/mol. The van der Waals surface area contributed by atoms with Gasteiger partial charge in [-0.2, -0.15) is 0 Å². The number of carbonyl (C=O) groups is 1. The lowest BCUT2D eigenvalue weighted by Gasteiger charge is -2.37. The van der Waals surface area contributed by atoms with E-state index in [1.54, 1.807) is 0 Å². The van der Waals surface area contributed by atoms with E-state index in [1.807, 2.05) is 0 Å². The molecule has 0 bridgehead atoms. The van der Waals surface area contributed by atoms with Gasteiger partial charge in [0.1, 0.15) is 0 Å². The van der Waals surface area contributed by atoms with Crippen LogP contribution in [0, 0.1) is 5.92 Å². The van der Waals surface area contributed by atoms with Gasteiger partial charge in [0.15, 0.2) is 0 Å². The Balaban J connectivity index is 1.62. The molecule has 0 radical (unpaired) electrons. The molecule has 1 aromatic rings. The van der Waals surface area contributed by atoms with Crippen LogP contribution in [0.15, 0.2) is 24.3 Å². The lowest BCUT2D eigenvalue weighted by molar-refractivity contribution is 0.220. The molecule has 0 spiro atoms. The Hall–Kier alpha value is -1.51. The van der Waals surface area contributed by atoms with E-state index < -0.39 is 0 Å². The number of hydrogen-bond donors (Lipinski definition) is 2. The highest BCUT2D eigenvalue weighted by Crippen LogP contribution is 2.34. The van der Waals surface area contributed by atoms with E-state index in [-0.39, 0.29) is 11.6 Å². The van der Waals surface area contributed by atoms with E-state index in [0.29, 0.717) is 5.92 Å². The largest absolute Gasteiger partial charge is 0.338 e. The highest BCUT2D eigenvalue weighted by Gasteiger charge is 2.33. The van der Waals surface area contributed by atoms with Crippen molar-refractivity contribution in [3.8, 4) is 0 Å². The van der Waals surface area contributed by atoms with Crippen molar-refractivity contribution in [3.63, 3.8) is 0 Å². The summed E-state index contributed by atoms with van der Waals surface area (Å²) in [6.45, 7) is 2.98. The first-order chi connectivity index (χ1) is 10.2. The molecule has 2 aliphatic carbocycles. The molecule has 3 rings (SSSR count). The molecule has 1 saturated carbocycles. The number of rotatable bonds is 3. The van der Waals surface area contributed by atoms with Crippen LogP contribution < -0.4 is 10.6 Å². The quantitative estimate of drug-likeness (QED) is 0.873. The van der Waals surface area contributed by atoms with Gasteiger partial charge in [0.05, 0.1) is 5.54 Å². The highest BCUT2D eigenvalue weighted by atomic mass is 16.2. The zero-order valence-corrected chi connectivity index (χ0v) is 13.0. The van der Waals surface area contributed by atoms with E-state index in [4.69, 9.17) is 0 Å². The summed E-state index contributed by atoms with van der Waals surface area (Å²) in [5.41, 5.74) is 2.43. The molecule has 2 aliphatic rings. The van der Waals surface area contributed by atoms with Gasteiger partial charge >= 0.3 is 6.03 Å². The Labute approximate surface area is 127 Å². The summed E-state index contributed by atoms with van der Waals surface area (Å²) in [4.78, 5) is 12.3. The number of fused-ring (bicyclic) bond motifs is 1. The van der Waals surface area contributed by atoms with Crippen LogP contribution in [0.5, 0.6) is 0 Å². The number of carbonyl (C=O) groups excluding carboxylic acids is 1. The van der Waals surface area contributed by atoms with Crippen LogP contribution >= 0.6 is 0 Å². The molecule has 2 amide bonds. The number of urea groups is 1. The molecule has 0 unspecified atom stereocenters. The van der Waals surface area contributed by atoms with Gasteiger partial charge in [0.2, 0.25) is 0 Å². The third-order valence-corrected chi connectivity index (χ3v) is 5.15. The molecule has 0 aromatic heterocycles. The van der Waals surface area contributed by atoms with Crippen LogP contribution in [0.25, 0.3) is 0 Å². The summed E-state index contributed by atoms with van der Waals surface area (Å²) in [5, 5.41) is 6.30. The predicted molar refractivity (Wildman–Crippen MR) is 85.2 cm³/mol. The summed E-state index contributed by atoms with van der Waals surface area (Å²) >= 11 is 0. The maximum atomic E-state index is 12.3. The Kier molecular flexibility index (Phi) is 4.18. The van der Waals surface area contributed by atoms with Crippen molar-refractivity contribution in [2.45, 2.75) is 57.4 Å². The SMILES string of the molecule is C[C@@]1(NC(=O)NCC2CCCC2)CCCc2ccccc21. The number of benzene rings is 1. The van der Waals surface area contributed by atoms with E-state index in [0.717, 1.165) is 25.8 Å². The lowest BCUT2D eigenvalue weighted by atomic mass is 9.78. The van der Waals surface area contributed by atoms with Gasteiger partial charge < -0.3 is 10.6 Å². The summed E-state index contributed by atoms with van der Waals surface area (Å²) in [5.74, 6) is 0.683. The first-order valence-electron chi connectivity index (χ1n) is 8.32. The van der Waals surface area contributed by atoms with Crippen LogP contribution in [-0.2, 0) is 12.0 Å². The molecule has 1 aromatic carbocycles. The first-order valence-corrected chi connectivity index (χ1v) is 8.32. The second kappa shape index (κ2) is 6.08. The van der Waals surface area contributed by atoms with Crippen molar-refractivity contribution in [2.24, 2.45) is 5.92 Å². The minimum Gasteiger partial charge on any atom is -0.338 e. The molecular weight excluding hydrogens is 260 g/mol. The van der Waals surface area contributed by atoms with E-state index in [9.17, 15) is 4.79 Å². The maximum Gasteiger partial charge on any atom is 0.315 e. The fraction of sp³-hybridized carbons (Fsp3) is 0.611. The van der Waals surface area contributed by atoms with Crippen molar-refractivity contribution < 1.29 is 4.79 Å². The van der Waals surface area contributed by atoms with Gasteiger partial charge in [-0.25, -0.2) is 4.79 Å². The van der Waals surface area contributed by atoms with Crippen molar-refractivity contribution >= 4 is 6.03 Å². The van der Waals surface area contributed by atoms with Crippen LogP contribution in [0.4, 0.5) is 4.79 Å². The fourth-order valence-corrected chi connectivity index (χ4v) is 3.92. The Morgan fingerprint density at radius 3 is 2.81 bits per heavy atom. The van der Waals surface area contributed by atoms with Crippen molar-refractivity contribution in [1.29, 1.82) is 0 Å². The van der Waals surface area contributed by atoms with Gasteiger partial charge in [0.25, 0.3) is 0 Å². The molecule has 114 valence electrons. The topological polar surface area (TPSA) is 41.1 Å². The van der Waals surface area contributed by atoms with Gasteiger partial charge in [-0.1, -0.05) is 37.1 Å². The monoisotopic (exact) mass is 286 g/mol. The van der Waals surface area contributed by atoms with Crippen LogP contribution in [-0.4, -0.2) is 12.6 Å². The number of hydrogen-bond acceptors (Lipinski definition) is 1. The third-order valence-electron chi connectivity index (χ3n) is 5.15. The lowest BCUT2D eigenvalue weighted by Crippen LogP contribution is -2.50. The second-order valence-electron chi connectivity index (χ2n) is 6.83. The number of aryl methyl sites for hydroxylation is 1. The molecule has 1 fully saturated rings. The van der Waals surface area contributed by atoms with Gasteiger partial charge in [-0.15, -0.1) is 0 Å². The highest BCUT2D eigenvalue weighted by molar-refractivity contribution is 5.75. The first kappa shape index (κ1) is 14.4. The summed E-state index contributed by atoms with van der Waals surface area (Å²) < 4.78 is 0. The van der Waals surface area contributed by atoms with Gasteiger partial charge in [-0.05, 0) is 56.1 Å². The number of amides is 2. The standard InChI is InChI=1S/C18H26N2O/c1-18(12-6-10-15-9-4-5-11-16(15)18)20-17(21)19-13-14-7-2-3-8-14/h4-5,9,11,14H,2-3,6-8,10,12-13H2,1H3,(H2,19,20,21)/t18-/m1/s1. The summed E-state index contributed by atoms with van der Waals surface area (Å²) in [6.07, 6.45) is 8.44. The van der Waals surface area contributed by atoms with Crippen LogP contribution in [0.2, 0.25) is 0 Å². The summed E-state index contributed by atoms with van der Waals surface area (Å²) in [7, 11) is 0. The summed E-state index contributed by atoms with van der Waals surface area (Å²) in [6, 6.07) is 8.49. The molecule has 0 aliphatic heterocycles. The molecule has 2 N–H and O–H groups in total. The Bertz CT molecular complexity index is 508. The third kappa shape index (κ3) is 3.22. The molecule has 3 nitrogen and oxygen atoms in total. The normalized spacial score (nSPS) is 25.4. The average Bonchev–Trinajstić information content (AvgIpc) is 2.99. The molecule has 3 heteroatoms. The van der Waals surface area contributed by atoms with Gasteiger partial charge in [0, 0.05) is 6.54 Å². The zero-order valence-electron chi connectivity index (χ0n) is 13.0. The Morgan fingerprint density at radius 1 is 1.24 bits per heavy atom. The molecule has 0 saturated heterocycles. The Morgan fingerprint density at radius 2 is 2.00 bits per heavy atom. The minimum absolute atomic E-state index is 0.0129. The molecule has 1 atom stereocenters. The van der Waals surface area contributed by atoms with E-state index in [1.165, 1.54) is 36.8 Å². The number of nitrogens with one attached hydrogen (secondary N) is 2. The van der Waals surface area contributed by atoms with Crippen molar-refractivity contribution in [2.75, 3.05) is 6.54 Å². The van der Waals surface area contributed by atoms with E-state index >= 15 is 0 Å². The zero-order chi connectivity index (χ0) is 14.7. The maximum absolute atomic E-state index is 12.3. The van der Waals surface area contributed by atoms with Crippen LogP contribution in [0.3, 0.4) is 0 Å². The van der Waals surface area contributed by atoms with Gasteiger partial charge in [-0.3, -0.25) is 0 Å². The van der Waals surface area contributed by atoms with Crippen molar-refractivity contribution in [3.05, 3.63) is 35.4 Å². The molecule has 0 heterocycles.